The molecule has 0 aromatic heterocycles. The fourth-order valence-electron chi connectivity index (χ4n) is 3.27. The van der Waals surface area contributed by atoms with E-state index in [2.05, 4.69) is 57.7 Å². The van der Waals surface area contributed by atoms with Crippen LogP contribution in [-0.2, 0) is 0 Å². The molecule has 0 aliphatic heterocycles. The molecule has 0 bridgehead atoms. The largest absolute Gasteiger partial charge is 0.0958 e. The van der Waals surface area contributed by atoms with Gasteiger partial charge in [-0.2, -0.15) is 0 Å². The fraction of sp³-hybridized carbons (Fsp3) is 0.500. The predicted molar refractivity (Wildman–Crippen MR) is 89.8 cm³/mol. The second-order valence-electron chi connectivity index (χ2n) is 6.68. The van der Waals surface area contributed by atoms with Gasteiger partial charge < -0.3 is 0 Å². The average molecular weight is 268 g/mol. The van der Waals surface area contributed by atoms with Crippen molar-refractivity contribution >= 4 is 6.08 Å². The Balaban J connectivity index is 1.90. The molecule has 0 heteroatoms. The second kappa shape index (κ2) is 6.92. The summed E-state index contributed by atoms with van der Waals surface area (Å²) in [4.78, 5) is 0. The van der Waals surface area contributed by atoms with Crippen molar-refractivity contribution in [2.75, 3.05) is 0 Å². The Hall–Kier alpha value is -1.30. The van der Waals surface area contributed by atoms with Crippen LogP contribution in [0, 0.1) is 25.7 Å². The lowest BCUT2D eigenvalue weighted by molar-refractivity contribution is 0.282. The molecule has 20 heavy (non-hydrogen) atoms. The first-order valence-corrected chi connectivity index (χ1v) is 7.97. The van der Waals surface area contributed by atoms with Gasteiger partial charge in [0.1, 0.15) is 0 Å². The van der Waals surface area contributed by atoms with E-state index in [0.29, 0.717) is 0 Å². The summed E-state index contributed by atoms with van der Waals surface area (Å²) < 4.78 is 0. The molecule has 0 nitrogen and oxygen atoms in total. The molecule has 2 atom stereocenters. The highest BCUT2D eigenvalue weighted by atomic mass is 14.2. The first-order valence-electron chi connectivity index (χ1n) is 7.97. The lowest BCUT2D eigenvalue weighted by Crippen LogP contribution is -2.13. The van der Waals surface area contributed by atoms with Crippen LogP contribution < -0.4 is 0 Å². The zero-order chi connectivity index (χ0) is 14.5. The molecule has 1 aromatic rings. The summed E-state index contributed by atoms with van der Waals surface area (Å²) in [6, 6.07) is 6.64. The summed E-state index contributed by atoms with van der Waals surface area (Å²) in [5.41, 5.74) is 5.28. The van der Waals surface area contributed by atoms with E-state index in [-0.39, 0.29) is 0 Å². The molecule has 1 aromatic carbocycles. The van der Waals surface area contributed by atoms with Crippen LogP contribution in [0.25, 0.3) is 6.08 Å². The van der Waals surface area contributed by atoms with Crippen molar-refractivity contribution < 1.29 is 0 Å². The molecule has 0 spiro atoms. The molecule has 0 saturated heterocycles. The van der Waals surface area contributed by atoms with E-state index in [9.17, 15) is 0 Å². The van der Waals surface area contributed by atoms with Gasteiger partial charge in [-0.1, -0.05) is 68.7 Å². The van der Waals surface area contributed by atoms with Crippen molar-refractivity contribution in [3.63, 3.8) is 0 Å². The van der Waals surface area contributed by atoms with Crippen molar-refractivity contribution in [2.45, 2.75) is 52.9 Å². The van der Waals surface area contributed by atoms with Gasteiger partial charge >= 0.3 is 0 Å². The third-order valence-corrected chi connectivity index (χ3v) is 4.64. The van der Waals surface area contributed by atoms with Gasteiger partial charge in [0.05, 0.1) is 0 Å². The van der Waals surface area contributed by atoms with Crippen molar-refractivity contribution in [2.24, 2.45) is 11.8 Å². The smallest absolute Gasteiger partial charge is 0.0254 e. The number of hydrogen-bond donors (Lipinski definition) is 0. The van der Waals surface area contributed by atoms with Crippen LogP contribution in [0.3, 0.4) is 0 Å². The van der Waals surface area contributed by atoms with Crippen molar-refractivity contribution in [3.8, 4) is 0 Å². The van der Waals surface area contributed by atoms with E-state index in [1.807, 2.05) is 0 Å². The van der Waals surface area contributed by atoms with Crippen LogP contribution in [0.1, 0.15) is 55.7 Å². The maximum Gasteiger partial charge on any atom is -0.0254 e. The summed E-state index contributed by atoms with van der Waals surface area (Å²) in [7, 11) is 0. The number of benzene rings is 1. The summed E-state index contributed by atoms with van der Waals surface area (Å²) >= 11 is 0. The highest BCUT2D eigenvalue weighted by molar-refractivity contribution is 5.54. The number of allylic oxidation sites excluding steroid dienone is 2. The van der Waals surface area contributed by atoms with Crippen LogP contribution >= 0.6 is 0 Å². The minimum absolute atomic E-state index is 0.857. The molecule has 2 unspecified atom stereocenters. The minimum atomic E-state index is 0.857. The van der Waals surface area contributed by atoms with E-state index in [1.54, 1.807) is 0 Å². The van der Waals surface area contributed by atoms with Crippen LogP contribution in [0.15, 0.2) is 36.4 Å². The van der Waals surface area contributed by atoms with Crippen LogP contribution in [0.5, 0.6) is 0 Å². The highest BCUT2D eigenvalue weighted by Crippen LogP contribution is 2.32. The lowest BCUT2D eigenvalue weighted by atomic mass is 9.79. The van der Waals surface area contributed by atoms with Crippen LogP contribution in [0.2, 0.25) is 0 Å². The zero-order valence-electron chi connectivity index (χ0n) is 13.3. The summed E-state index contributed by atoms with van der Waals surface area (Å²) in [6.07, 6.45) is 11.2. The Bertz CT molecular complexity index is 493. The molecule has 0 N–H and O–H groups in total. The summed E-state index contributed by atoms with van der Waals surface area (Å²) in [5, 5.41) is 0. The first-order chi connectivity index (χ1) is 9.54. The Morgan fingerprint density at radius 2 is 2.05 bits per heavy atom. The monoisotopic (exact) mass is 268 g/mol. The van der Waals surface area contributed by atoms with Gasteiger partial charge in [0.25, 0.3) is 0 Å². The quantitative estimate of drug-likeness (QED) is 0.580. The summed E-state index contributed by atoms with van der Waals surface area (Å²) in [5.74, 6) is 1.76. The van der Waals surface area contributed by atoms with Gasteiger partial charge in [-0.3, -0.25) is 0 Å². The first kappa shape index (κ1) is 15.1. The van der Waals surface area contributed by atoms with Gasteiger partial charge in [-0.25, -0.2) is 0 Å². The molecule has 0 heterocycles. The van der Waals surface area contributed by atoms with Crippen LogP contribution in [-0.4, -0.2) is 0 Å². The lowest BCUT2D eigenvalue weighted by Gasteiger charge is -2.26. The third kappa shape index (κ3) is 4.37. The van der Waals surface area contributed by atoms with Gasteiger partial charge in [-0.05, 0) is 55.2 Å². The SMILES string of the molecule is C=C(/C=C/c1ccc(C)c(C)c1)CC1CCCC(C)C1. The van der Waals surface area contributed by atoms with Gasteiger partial charge in [0.2, 0.25) is 0 Å². The second-order valence-corrected chi connectivity index (χ2v) is 6.68. The topological polar surface area (TPSA) is 0 Å². The average Bonchev–Trinajstić information content (AvgIpc) is 2.40. The Morgan fingerprint density at radius 3 is 2.75 bits per heavy atom. The Labute approximate surface area is 124 Å². The summed E-state index contributed by atoms with van der Waals surface area (Å²) in [6.45, 7) is 11.0. The van der Waals surface area contributed by atoms with Crippen molar-refractivity contribution in [3.05, 3.63) is 53.1 Å². The molecular weight excluding hydrogens is 240 g/mol. The Morgan fingerprint density at radius 1 is 1.25 bits per heavy atom. The fourth-order valence-corrected chi connectivity index (χ4v) is 3.27. The van der Waals surface area contributed by atoms with Crippen molar-refractivity contribution in [1.29, 1.82) is 0 Å². The van der Waals surface area contributed by atoms with Crippen molar-refractivity contribution in [1.82, 2.24) is 0 Å². The van der Waals surface area contributed by atoms with E-state index in [4.69, 9.17) is 0 Å². The molecule has 1 fully saturated rings. The molecule has 1 aliphatic rings. The Kier molecular flexibility index (Phi) is 5.23. The van der Waals surface area contributed by atoms with Gasteiger partial charge in [0.15, 0.2) is 0 Å². The highest BCUT2D eigenvalue weighted by Gasteiger charge is 2.18. The molecular formula is C20H28. The molecule has 2 rings (SSSR count). The zero-order valence-corrected chi connectivity index (χ0v) is 13.3. The van der Waals surface area contributed by atoms with Gasteiger partial charge in [0, 0.05) is 0 Å². The van der Waals surface area contributed by atoms with Gasteiger partial charge in [-0.15, -0.1) is 0 Å². The molecule has 0 radical (unpaired) electrons. The van der Waals surface area contributed by atoms with E-state index < -0.39 is 0 Å². The molecule has 0 amide bonds. The van der Waals surface area contributed by atoms with E-state index in [0.717, 1.165) is 11.8 Å². The maximum atomic E-state index is 4.24. The standard InChI is InChI=1S/C20H28/c1-15-6-5-7-20(12-15)13-16(2)8-10-19-11-9-17(3)18(4)14-19/h8-11,14-15,20H,2,5-7,12-13H2,1,3-4H3/b10-8+. The third-order valence-electron chi connectivity index (χ3n) is 4.64. The number of hydrogen-bond acceptors (Lipinski definition) is 0. The number of rotatable bonds is 4. The van der Waals surface area contributed by atoms with E-state index >= 15 is 0 Å². The normalized spacial score (nSPS) is 23.1. The molecule has 108 valence electrons. The minimum Gasteiger partial charge on any atom is -0.0958 e. The van der Waals surface area contributed by atoms with Crippen LogP contribution in [0.4, 0.5) is 0 Å². The predicted octanol–water partition coefficient (Wildman–Crippen LogP) is 6.09. The number of aryl methyl sites for hydroxylation is 2. The molecule has 1 saturated carbocycles. The molecule has 1 aliphatic carbocycles. The maximum absolute atomic E-state index is 4.24. The van der Waals surface area contributed by atoms with E-state index in [1.165, 1.54) is 54.4 Å².